The van der Waals surface area contributed by atoms with E-state index in [0.29, 0.717) is 11.6 Å². The minimum absolute atomic E-state index is 0.480. The van der Waals surface area contributed by atoms with Gasteiger partial charge < -0.3 is 20.1 Å². The van der Waals surface area contributed by atoms with Gasteiger partial charge in [-0.05, 0) is 80.0 Å². The van der Waals surface area contributed by atoms with Crippen LogP contribution in [0.1, 0.15) is 30.9 Å². The molecule has 5 rings (SSSR count). The molecule has 0 amide bonds. The summed E-state index contributed by atoms with van der Waals surface area (Å²) in [6, 6.07) is 19.6. The van der Waals surface area contributed by atoms with Crippen molar-refractivity contribution < 1.29 is 9.84 Å². The van der Waals surface area contributed by atoms with E-state index in [1.807, 2.05) is 60.7 Å². The Hall–Kier alpha value is -2.86. The average Bonchev–Trinajstić information content (AvgIpc) is 2.84. The fraction of sp³-hybridized carbons (Fsp3) is 0.296. The van der Waals surface area contributed by atoms with Crippen LogP contribution in [0.5, 0.6) is 5.75 Å². The second-order valence-electron chi connectivity index (χ2n) is 8.66. The van der Waals surface area contributed by atoms with Crippen molar-refractivity contribution >= 4 is 44.8 Å². The fourth-order valence-electron chi connectivity index (χ4n) is 4.58. The van der Waals surface area contributed by atoms with E-state index < -0.39 is 6.10 Å². The standard InChI is InChI=1S/C27H28ClN3O2/c1-33-21-10-12-24-23(16-21)27(22-11-7-19(28)15-25(22)30-24)29-20-8-5-18(6-9-20)26(32)17-31-13-3-2-4-14-31/h5-12,15-16,26,32H,2-4,13-14,17H2,1H3,(H,29,30)/t26-/m1/s1. The Morgan fingerprint density at radius 2 is 1.76 bits per heavy atom. The van der Waals surface area contributed by atoms with Crippen LogP contribution >= 0.6 is 11.6 Å². The third-order valence-electron chi connectivity index (χ3n) is 6.39. The smallest absolute Gasteiger partial charge is 0.119 e. The molecule has 1 aliphatic heterocycles. The van der Waals surface area contributed by atoms with Gasteiger partial charge in [-0.1, -0.05) is 30.2 Å². The van der Waals surface area contributed by atoms with Crippen LogP contribution in [0.4, 0.5) is 11.4 Å². The maximum Gasteiger partial charge on any atom is 0.119 e. The van der Waals surface area contributed by atoms with E-state index in [2.05, 4.69) is 10.2 Å². The number of nitrogens with zero attached hydrogens (tertiary/aromatic N) is 2. The van der Waals surface area contributed by atoms with E-state index in [-0.39, 0.29) is 0 Å². The van der Waals surface area contributed by atoms with E-state index in [9.17, 15) is 5.11 Å². The summed E-state index contributed by atoms with van der Waals surface area (Å²) in [4.78, 5) is 7.15. The van der Waals surface area contributed by atoms with Gasteiger partial charge in [0.05, 0.1) is 29.9 Å². The maximum absolute atomic E-state index is 10.7. The first kappa shape index (κ1) is 22.0. The first-order chi connectivity index (χ1) is 16.1. The third-order valence-corrected chi connectivity index (χ3v) is 6.62. The molecule has 3 aromatic carbocycles. The van der Waals surface area contributed by atoms with Gasteiger partial charge in [-0.25, -0.2) is 4.98 Å². The number of rotatable bonds is 6. The van der Waals surface area contributed by atoms with Gasteiger partial charge in [-0.15, -0.1) is 0 Å². The topological polar surface area (TPSA) is 57.6 Å². The number of β-amino-alcohol motifs (C(OH)–C–C–N with tert-alkyl or cyclic N) is 1. The van der Waals surface area contributed by atoms with Gasteiger partial charge >= 0.3 is 0 Å². The van der Waals surface area contributed by atoms with E-state index in [4.69, 9.17) is 21.3 Å². The monoisotopic (exact) mass is 461 g/mol. The molecule has 0 saturated carbocycles. The molecule has 1 aromatic heterocycles. The lowest BCUT2D eigenvalue weighted by Crippen LogP contribution is -2.33. The van der Waals surface area contributed by atoms with Crippen molar-refractivity contribution in [3.05, 3.63) is 71.2 Å². The summed E-state index contributed by atoms with van der Waals surface area (Å²) in [5, 5.41) is 16.9. The molecule has 1 aliphatic rings. The quantitative estimate of drug-likeness (QED) is 0.329. The van der Waals surface area contributed by atoms with E-state index in [1.165, 1.54) is 19.3 Å². The minimum atomic E-state index is -0.480. The van der Waals surface area contributed by atoms with Crippen molar-refractivity contribution in [2.24, 2.45) is 0 Å². The number of benzene rings is 3. The van der Waals surface area contributed by atoms with Crippen molar-refractivity contribution in [1.82, 2.24) is 9.88 Å². The maximum atomic E-state index is 10.7. The molecule has 1 atom stereocenters. The molecule has 33 heavy (non-hydrogen) atoms. The highest BCUT2D eigenvalue weighted by atomic mass is 35.5. The number of methoxy groups -OCH3 is 1. The number of hydrogen-bond donors (Lipinski definition) is 2. The number of anilines is 2. The lowest BCUT2D eigenvalue weighted by Gasteiger charge is -2.28. The Balaban J connectivity index is 1.46. The number of likely N-dealkylation sites (tertiary alicyclic amines) is 1. The molecule has 1 fully saturated rings. The molecule has 0 spiro atoms. The molecule has 0 aliphatic carbocycles. The lowest BCUT2D eigenvalue weighted by atomic mass is 10.1. The number of aliphatic hydroxyl groups is 1. The van der Waals surface area contributed by atoms with E-state index in [0.717, 1.165) is 57.6 Å². The molecular formula is C27H28ClN3O2. The molecule has 1 saturated heterocycles. The van der Waals surface area contributed by atoms with Crippen molar-refractivity contribution in [3.8, 4) is 5.75 Å². The number of ether oxygens (including phenoxy) is 1. The largest absolute Gasteiger partial charge is 0.497 e. The Bertz CT molecular complexity index is 1270. The summed E-state index contributed by atoms with van der Waals surface area (Å²) in [6.07, 6.45) is 3.26. The molecule has 0 unspecified atom stereocenters. The summed E-state index contributed by atoms with van der Waals surface area (Å²) in [5.41, 5.74) is 4.52. The van der Waals surface area contributed by atoms with Crippen LogP contribution in [0.15, 0.2) is 60.7 Å². The zero-order valence-electron chi connectivity index (χ0n) is 18.7. The molecule has 6 heteroatoms. The molecule has 170 valence electrons. The number of fused-ring (bicyclic) bond motifs is 2. The molecule has 0 bridgehead atoms. The fourth-order valence-corrected chi connectivity index (χ4v) is 4.75. The van der Waals surface area contributed by atoms with Crippen LogP contribution < -0.4 is 10.1 Å². The van der Waals surface area contributed by atoms with Crippen LogP contribution in [0.25, 0.3) is 21.8 Å². The highest BCUT2D eigenvalue weighted by Gasteiger charge is 2.16. The highest BCUT2D eigenvalue weighted by molar-refractivity contribution is 6.31. The third kappa shape index (κ3) is 4.76. The summed E-state index contributed by atoms with van der Waals surface area (Å²) in [7, 11) is 1.66. The van der Waals surface area contributed by atoms with Gasteiger partial charge in [0.2, 0.25) is 0 Å². The van der Waals surface area contributed by atoms with Crippen LogP contribution in [-0.2, 0) is 0 Å². The molecule has 5 nitrogen and oxygen atoms in total. The van der Waals surface area contributed by atoms with Crippen molar-refractivity contribution in [2.75, 3.05) is 32.1 Å². The zero-order valence-corrected chi connectivity index (χ0v) is 19.5. The van der Waals surface area contributed by atoms with Crippen LogP contribution in [0, 0.1) is 0 Å². The predicted octanol–water partition coefficient (Wildman–Crippen LogP) is 6.31. The van der Waals surface area contributed by atoms with Crippen molar-refractivity contribution in [3.63, 3.8) is 0 Å². The summed E-state index contributed by atoms with van der Waals surface area (Å²) in [5.74, 6) is 0.775. The number of aliphatic hydroxyl groups excluding tert-OH is 1. The Labute approximate surface area is 199 Å². The van der Waals surface area contributed by atoms with Gasteiger partial charge in [0.25, 0.3) is 0 Å². The minimum Gasteiger partial charge on any atom is -0.497 e. The van der Waals surface area contributed by atoms with Crippen LogP contribution in [0.3, 0.4) is 0 Å². The first-order valence-electron chi connectivity index (χ1n) is 11.4. The Morgan fingerprint density at radius 1 is 0.970 bits per heavy atom. The summed E-state index contributed by atoms with van der Waals surface area (Å²) < 4.78 is 5.45. The van der Waals surface area contributed by atoms with Gasteiger partial charge in [-0.3, -0.25) is 0 Å². The van der Waals surface area contributed by atoms with Crippen molar-refractivity contribution in [2.45, 2.75) is 25.4 Å². The molecule has 2 heterocycles. The Kier molecular flexibility index (Phi) is 6.36. The molecular weight excluding hydrogens is 434 g/mol. The molecule has 4 aromatic rings. The highest BCUT2D eigenvalue weighted by Crippen LogP contribution is 2.36. The second-order valence-corrected chi connectivity index (χ2v) is 9.09. The van der Waals surface area contributed by atoms with Crippen molar-refractivity contribution in [1.29, 1.82) is 0 Å². The number of aromatic nitrogens is 1. The second kappa shape index (κ2) is 9.56. The Morgan fingerprint density at radius 3 is 2.52 bits per heavy atom. The zero-order chi connectivity index (χ0) is 22.8. The summed E-state index contributed by atoms with van der Waals surface area (Å²) in [6.45, 7) is 2.84. The van der Waals surface area contributed by atoms with Crippen LogP contribution in [0.2, 0.25) is 5.02 Å². The number of hydrogen-bond acceptors (Lipinski definition) is 5. The number of piperidine rings is 1. The number of nitrogens with one attached hydrogen (secondary N) is 1. The average molecular weight is 462 g/mol. The first-order valence-corrected chi connectivity index (χ1v) is 11.8. The normalized spacial score (nSPS) is 15.6. The van der Waals surface area contributed by atoms with Crippen LogP contribution in [-0.4, -0.2) is 41.7 Å². The van der Waals surface area contributed by atoms with Gasteiger partial charge in [-0.2, -0.15) is 0 Å². The predicted molar refractivity (Wildman–Crippen MR) is 136 cm³/mol. The number of halogens is 1. The van der Waals surface area contributed by atoms with E-state index in [1.54, 1.807) is 7.11 Å². The summed E-state index contributed by atoms with van der Waals surface area (Å²) >= 11 is 6.24. The van der Waals surface area contributed by atoms with Gasteiger partial charge in [0.1, 0.15) is 5.75 Å². The van der Waals surface area contributed by atoms with Gasteiger partial charge in [0, 0.05) is 28.0 Å². The SMILES string of the molecule is COc1ccc2nc3cc(Cl)ccc3c(Nc3ccc([C@H](O)CN4CCCCC4)cc3)c2c1. The van der Waals surface area contributed by atoms with Gasteiger partial charge in [0.15, 0.2) is 0 Å². The lowest BCUT2D eigenvalue weighted by molar-refractivity contribution is 0.101. The molecule has 0 radical (unpaired) electrons. The van der Waals surface area contributed by atoms with E-state index >= 15 is 0 Å². The molecule has 2 N–H and O–H groups in total. The number of pyridine rings is 1.